The van der Waals surface area contributed by atoms with Crippen LogP contribution < -0.4 is 0 Å². The molecule has 20 heavy (non-hydrogen) atoms. The Kier molecular flexibility index (Phi) is 4.47. The number of amides is 1. The van der Waals surface area contributed by atoms with E-state index in [2.05, 4.69) is 0 Å². The molecular formula is C12H12Cl2N2O4. The average molecular weight is 319 g/mol. The van der Waals surface area contributed by atoms with Crippen molar-refractivity contribution in [2.75, 3.05) is 19.7 Å². The van der Waals surface area contributed by atoms with E-state index in [1.807, 2.05) is 6.92 Å². The van der Waals surface area contributed by atoms with E-state index in [1.54, 1.807) is 4.90 Å². The number of nitrogens with zero attached hydrogens (tertiary/aromatic N) is 2. The minimum atomic E-state index is -0.660. The van der Waals surface area contributed by atoms with Gasteiger partial charge in [-0.1, -0.05) is 23.2 Å². The topological polar surface area (TPSA) is 72.7 Å². The normalized spacial score (nSPS) is 18.9. The van der Waals surface area contributed by atoms with Gasteiger partial charge in [0, 0.05) is 24.7 Å². The molecule has 0 saturated carbocycles. The number of nitro benzene ring substituents is 1. The Morgan fingerprint density at radius 3 is 2.80 bits per heavy atom. The number of benzene rings is 1. The van der Waals surface area contributed by atoms with Crippen molar-refractivity contribution in [3.63, 3.8) is 0 Å². The molecule has 1 fully saturated rings. The van der Waals surface area contributed by atoms with Gasteiger partial charge in [-0.2, -0.15) is 0 Å². The van der Waals surface area contributed by atoms with Crippen molar-refractivity contribution in [1.29, 1.82) is 0 Å². The molecule has 0 N–H and O–H groups in total. The maximum Gasteiger partial charge on any atom is 0.290 e. The summed E-state index contributed by atoms with van der Waals surface area (Å²) in [5, 5.41) is 10.7. The monoisotopic (exact) mass is 318 g/mol. The van der Waals surface area contributed by atoms with Gasteiger partial charge in [-0.05, 0) is 13.0 Å². The summed E-state index contributed by atoms with van der Waals surface area (Å²) in [6.07, 6.45) is -0.0644. The summed E-state index contributed by atoms with van der Waals surface area (Å²) in [5.41, 5.74) is -0.218. The molecule has 0 aromatic heterocycles. The van der Waals surface area contributed by atoms with E-state index in [1.165, 1.54) is 6.07 Å². The van der Waals surface area contributed by atoms with E-state index >= 15 is 0 Å². The Morgan fingerprint density at radius 2 is 2.20 bits per heavy atom. The second-order valence-corrected chi connectivity index (χ2v) is 5.27. The molecule has 0 radical (unpaired) electrons. The molecule has 0 aliphatic carbocycles. The molecule has 1 atom stereocenters. The van der Waals surface area contributed by atoms with Crippen LogP contribution in [0.3, 0.4) is 0 Å². The first-order chi connectivity index (χ1) is 9.40. The molecule has 0 bridgehead atoms. The van der Waals surface area contributed by atoms with E-state index in [9.17, 15) is 14.9 Å². The lowest BCUT2D eigenvalue weighted by Gasteiger charge is -2.31. The maximum atomic E-state index is 12.3. The van der Waals surface area contributed by atoms with Crippen molar-refractivity contribution in [1.82, 2.24) is 4.90 Å². The number of ether oxygens (including phenoxy) is 1. The fourth-order valence-electron chi connectivity index (χ4n) is 2.02. The van der Waals surface area contributed by atoms with Gasteiger partial charge in [0.2, 0.25) is 0 Å². The van der Waals surface area contributed by atoms with Crippen LogP contribution >= 0.6 is 23.2 Å². The van der Waals surface area contributed by atoms with Gasteiger partial charge in [-0.3, -0.25) is 14.9 Å². The van der Waals surface area contributed by atoms with E-state index in [4.69, 9.17) is 27.9 Å². The third-order valence-corrected chi connectivity index (χ3v) is 3.77. The molecule has 1 saturated heterocycles. The summed E-state index contributed by atoms with van der Waals surface area (Å²) in [6, 6.07) is 2.50. The number of halogens is 2. The highest BCUT2D eigenvalue weighted by Crippen LogP contribution is 2.33. The van der Waals surface area contributed by atoms with Crippen LogP contribution in [0.1, 0.15) is 17.3 Å². The Bertz CT molecular complexity index is 565. The molecule has 0 spiro atoms. The highest BCUT2D eigenvalue weighted by Gasteiger charge is 2.26. The lowest BCUT2D eigenvalue weighted by atomic mass is 10.1. The number of hydrogen-bond acceptors (Lipinski definition) is 4. The van der Waals surface area contributed by atoms with Crippen LogP contribution in [0.5, 0.6) is 0 Å². The van der Waals surface area contributed by atoms with Crippen LogP contribution in [0, 0.1) is 10.1 Å². The van der Waals surface area contributed by atoms with Gasteiger partial charge in [0.15, 0.2) is 0 Å². The third kappa shape index (κ3) is 3.03. The lowest BCUT2D eigenvalue weighted by molar-refractivity contribution is -0.384. The first-order valence-electron chi connectivity index (χ1n) is 5.94. The Hall–Kier alpha value is -1.37. The van der Waals surface area contributed by atoms with Crippen LogP contribution in [-0.4, -0.2) is 41.5 Å². The van der Waals surface area contributed by atoms with Crippen molar-refractivity contribution < 1.29 is 14.5 Å². The predicted octanol–water partition coefficient (Wildman–Crippen LogP) is 2.76. The van der Waals surface area contributed by atoms with Crippen molar-refractivity contribution in [3.8, 4) is 0 Å². The third-order valence-electron chi connectivity index (χ3n) is 2.98. The number of hydrogen-bond donors (Lipinski definition) is 0. The SMILES string of the molecule is CC1CN(C(=O)c2cc(Cl)c(Cl)c([N+](=O)[O-])c2)CCO1. The zero-order valence-corrected chi connectivity index (χ0v) is 12.1. The minimum absolute atomic E-state index is 0.00877. The second kappa shape index (κ2) is 5.95. The summed E-state index contributed by atoms with van der Waals surface area (Å²) in [5.74, 6) is -0.318. The maximum absolute atomic E-state index is 12.3. The van der Waals surface area contributed by atoms with Gasteiger partial charge in [-0.25, -0.2) is 0 Å². The Balaban J connectivity index is 2.32. The number of carbonyl (C=O) groups excluding carboxylic acids is 1. The molecule has 1 aromatic carbocycles. The highest BCUT2D eigenvalue weighted by molar-refractivity contribution is 6.43. The fraction of sp³-hybridized carbons (Fsp3) is 0.417. The zero-order chi connectivity index (χ0) is 14.9. The molecule has 2 rings (SSSR count). The predicted molar refractivity (Wildman–Crippen MR) is 74.4 cm³/mol. The van der Waals surface area contributed by atoms with E-state index in [-0.39, 0.29) is 33.3 Å². The smallest absolute Gasteiger partial charge is 0.290 e. The Labute approximate surface area is 125 Å². The highest BCUT2D eigenvalue weighted by atomic mass is 35.5. The second-order valence-electron chi connectivity index (χ2n) is 4.48. The van der Waals surface area contributed by atoms with Crippen molar-refractivity contribution in [2.24, 2.45) is 0 Å². The molecule has 1 heterocycles. The molecule has 6 nitrogen and oxygen atoms in total. The van der Waals surface area contributed by atoms with Crippen LogP contribution in [0.4, 0.5) is 5.69 Å². The molecule has 1 unspecified atom stereocenters. The van der Waals surface area contributed by atoms with Crippen LogP contribution in [0.2, 0.25) is 10.0 Å². The fourth-order valence-corrected chi connectivity index (χ4v) is 2.41. The minimum Gasteiger partial charge on any atom is -0.375 e. The van der Waals surface area contributed by atoms with Crippen LogP contribution in [0.15, 0.2) is 12.1 Å². The van der Waals surface area contributed by atoms with Gasteiger partial charge >= 0.3 is 0 Å². The lowest BCUT2D eigenvalue weighted by Crippen LogP contribution is -2.44. The first-order valence-corrected chi connectivity index (χ1v) is 6.70. The van der Waals surface area contributed by atoms with Crippen molar-refractivity contribution in [2.45, 2.75) is 13.0 Å². The summed E-state index contributed by atoms with van der Waals surface area (Å²) in [6.45, 7) is 3.18. The molecule has 8 heteroatoms. The Morgan fingerprint density at radius 1 is 1.50 bits per heavy atom. The van der Waals surface area contributed by atoms with Crippen molar-refractivity contribution >= 4 is 34.8 Å². The first kappa shape index (κ1) is 15.0. The van der Waals surface area contributed by atoms with Gasteiger partial charge in [-0.15, -0.1) is 0 Å². The zero-order valence-electron chi connectivity index (χ0n) is 10.6. The van der Waals surface area contributed by atoms with Crippen LogP contribution in [0.25, 0.3) is 0 Å². The van der Waals surface area contributed by atoms with Gasteiger partial charge < -0.3 is 9.64 Å². The van der Waals surface area contributed by atoms with Gasteiger partial charge in [0.05, 0.1) is 22.7 Å². The van der Waals surface area contributed by atoms with Crippen molar-refractivity contribution in [3.05, 3.63) is 37.9 Å². The molecule has 1 aliphatic heterocycles. The van der Waals surface area contributed by atoms with Gasteiger partial charge in [0.1, 0.15) is 5.02 Å². The van der Waals surface area contributed by atoms with Gasteiger partial charge in [0.25, 0.3) is 11.6 Å². The van der Waals surface area contributed by atoms with E-state index in [0.29, 0.717) is 19.7 Å². The van der Waals surface area contributed by atoms with E-state index < -0.39 is 4.92 Å². The van der Waals surface area contributed by atoms with Crippen LogP contribution in [-0.2, 0) is 4.74 Å². The molecule has 1 aliphatic rings. The number of carbonyl (C=O) groups is 1. The molecule has 108 valence electrons. The molecule has 1 aromatic rings. The average Bonchev–Trinajstić information content (AvgIpc) is 2.40. The summed E-state index contributed by atoms with van der Waals surface area (Å²) < 4.78 is 5.35. The molecule has 1 amide bonds. The summed E-state index contributed by atoms with van der Waals surface area (Å²) in [4.78, 5) is 24.1. The standard InChI is InChI=1S/C12H12Cl2N2O4/c1-7-6-15(2-3-20-7)12(17)8-4-9(13)11(14)10(5-8)16(18)19/h4-5,7H,2-3,6H2,1H3. The summed E-state index contributed by atoms with van der Waals surface area (Å²) >= 11 is 11.6. The molecular weight excluding hydrogens is 307 g/mol. The largest absolute Gasteiger partial charge is 0.375 e. The summed E-state index contributed by atoms with van der Waals surface area (Å²) in [7, 11) is 0. The van der Waals surface area contributed by atoms with E-state index in [0.717, 1.165) is 6.07 Å². The number of morpholine rings is 1. The quantitative estimate of drug-likeness (QED) is 0.621. The number of nitro groups is 1. The number of rotatable bonds is 2.